The van der Waals surface area contributed by atoms with E-state index in [0.717, 1.165) is 19.6 Å². The molecule has 0 unspecified atom stereocenters. The number of benzene rings is 1. The second-order valence-corrected chi connectivity index (χ2v) is 8.65. The third-order valence-corrected chi connectivity index (χ3v) is 6.06. The number of hydrogen-bond donors (Lipinski definition) is 3. The highest BCUT2D eigenvalue weighted by molar-refractivity contribution is 7.89. The fourth-order valence-electron chi connectivity index (χ4n) is 3.13. The number of rotatable bonds is 11. The van der Waals surface area contributed by atoms with Crippen LogP contribution in [-0.2, 0) is 14.8 Å². The molecule has 1 aromatic carbocycles. The molecule has 1 fully saturated rings. The van der Waals surface area contributed by atoms with E-state index in [-0.39, 0.29) is 11.4 Å². The van der Waals surface area contributed by atoms with Crippen LogP contribution in [0.2, 0.25) is 0 Å². The van der Waals surface area contributed by atoms with Crippen LogP contribution in [0.25, 0.3) is 0 Å². The quantitative estimate of drug-likeness (QED) is 0.296. The lowest BCUT2D eigenvalue weighted by atomic mass is 9.98. The van der Waals surface area contributed by atoms with Gasteiger partial charge in [0.15, 0.2) is 5.96 Å². The van der Waals surface area contributed by atoms with Crippen molar-refractivity contribution in [3.8, 4) is 0 Å². The van der Waals surface area contributed by atoms with Crippen LogP contribution in [-0.4, -0.2) is 53.3 Å². The summed E-state index contributed by atoms with van der Waals surface area (Å²) in [7, 11) is -3.47. The zero-order chi connectivity index (χ0) is 20.1. The van der Waals surface area contributed by atoms with Crippen molar-refractivity contribution in [1.29, 1.82) is 0 Å². The van der Waals surface area contributed by atoms with Crippen LogP contribution >= 0.6 is 0 Å². The molecule has 3 N–H and O–H groups in total. The van der Waals surface area contributed by atoms with Crippen molar-refractivity contribution in [2.24, 2.45) is 4.99 Å². The number of nitrogens with one attached hydrogen (secondary N) is 3. The number of aliphatic imine (C=N–C) groups is 1. The van der Waals surface area contributed by atoms with Crippen molar-refractivity contribution in [3.05, 3.63) is 30.3 Å². The summed E-state index contributed by atoms with van der Waals surface area (Å²) in [5.74, 6) is 0.694. The van der Waals surface area contributed by atoms with Gasteiger partial charge in [-0.25, -0.2) is 13.1 Å². The van der Waals surface area contributed by atoms with Crippen LogP contribution in [0, 0.1) is 0 Å². The van der Waals surface area contributed by atoms with E-state index in [1.807, 2.05) is 6.92 Å². The topological polar surface area (TPSA) is 91.8 Å². The zero-order valence-corrected chi connectivity index (χ0v) is 17.6. The molecule has 1 aliphatic carbocycles. The smallest absolute Gasteiger partial charge is 0.240 e. The van der Waals surface area contributed by atoms with Gasteiger partial charge in [0.05, 0.1) is 11.0 Å². The number of sulfonamides is 1. The Hall–Kier alpha value is -1.64. The third kappa shape index (κ3) is 8.58. The van der Waals surface area contributed by atoms with E-state index < -0.39 is 10.0 Å². The van der Waals surface area contributed by atoms with E-state index in [2.05, 4.69) is 20.3 Å². The van der Waals surface area contributed by atoms with E-state index in [1.54, 1.807) is 30.3 Å². The molecule has 0 saturated heterocycles. The van der Waals surface area contributed by atoms with E-state index in [0.29, 0.717) is 25.2 Å². The van der Waals surface area contributed by atoms with E-state index in [1.165, 1.54) is 32.1 Å². The summed E-state index contributed by atoms with van der Waals surface area (Å²) in [6.45, 7) is 4.91. The molecule has 8 heteroatoms. The zero-order valence-electron chi connectivity index (χ0n) is 16.8. The molecule has 2 rings (SSSR count). The molecule has 1 saturated carbocycles. The molecule has 7 nitrogen and oxygen atoms in total. The molecular weight excluding hydrogens is 376 g/mol. The number of nitrogens with zero attached hydrogens (tertiary/aromatic N) is 1. The molecule has 0 atom stereocenters. The normalized spacial score (nSPS) is 16.1. The van der Waals surface area contributed by atoms with Crippen LogP contribution in [0.15, 0.2) is 40.2 Å². The summed E-state index contributed by atoms with van der Waals surface area (Å²) in [5.41, 5.74) is 0. The predicted molar refractivity (Wildman–Crippen MR) is 113 cm³/mol. The van der Waals surface area contributed by atoms with Crippen LogP contribution < -0.4 is 15.4 Å². The van der Waals surface area contributed by atoms with Crippen LogP contribution in [0.1, 0.15) is 45.4 Å². The maximum absolute atomic E-state index is 12.2. The number of ether oxygens (including phenoxy) is 1. The summed E-state index contributed by atoms with van der Waals surface area (Å²) < 4.78 is 32.9. The van der Waals surface area contributed by atoms with E-state index >= 15 is 0 Å². The average molecular weight is 411 g/mol. The van der Waals surface area contributed by atoms with Gasteiger partial charge in [-0.15, -0.1) is 0 Å². The highest BCUT2D eigenvalue weighted by atomic mass is 32.2. The van der Waals surface area contributed by atoms with Gasteiger partial charge in [-0.2, -0.15) is 0 Å². The molecule has 0 bridgehead atoms. The lowest BCUT2D eigenvalue weighted by Crippen LogP contribution is -2.41. The van der Waals surface area contributed by atoms with Crippen LogP contribution in [0.4, 0.5) is 0 Å². The molecule has 0 aromatic heterocycles. The largest absolute Gasteiger partial charge is 0.378 e. The van der Waals surface area contributed by atoms with Gasteiger partial charge in [0, 0.05) is 32.8 Å². The Morgan fingerprint density at radius 1 is 1.11 bits per heavy atom. The standard InChI is InChI=1S/C20H34N4O3S/c1-2-21-20(22-14-9-17-27-18-10-5-3-6-11-18)23-15-16-24-28(25,26)19-12-7-4-8-13-19/h4,7-8,12-13,18,24H,2-3,5-6,9-11,14-17H2,1H3,(H2,21,22,23). The maximum atomic E-state index is 12.2. The average Bonchev–Trinajstić information content (AvgIpc) is 2.72. The molecule has 0 amide bonds. The van der Waals surface area contributed by atoms with Gasteiger partial charge < -0.3 is 15.4 Å². The van der Waals surface area contributed by atoms with Crippen molar-refractivity contribution < 1.29 is 13.2 Å². The Morgan fingerprint density at radius 2 is 1.86 bits per heavy atom. The maximum Gasteiger partial charge on any atom is 0.240 e. The molecular formula is C20H34N4O3S. The molecule has 0 heterocycles. The first kappa shape index (κ1) is 22.6. The number of hydrogen-bond acceptors (Lipinski definition) is 4. The van der Waals surface area contributed by atoms with Gasteiger partial charge >= 0.3 is 0 Å². The molecule has 1 aliphatic rings. The van der Waals surface area contributed by atoms with Gasteiger partial charge in [-0.3, -0.25) is 4.99 Å². The minimum Gasteiger partial charge on any atom is -0.378 e. The molecule has 0 aliphatic heterocycles. The lowest BCUT2D eigenvalue weighted by molar-refractivity contribution is 0.0281. The van der Waals surface area contributed by atoms with Gasteiger partial charge in [-0.05, 0) is 38.3 Å². The fraction of sp³-hybridized carbons (Fsp3) is 0.650. The third-order valence-electron chi connectivity index (χ3n) is 4.59. The highest BCUT2D eigenvalue weighted by Crippen LogP contribution is 2.20. The minimum atomic E-state index is -3.47. The summed E-state index contributed by atoms with van der Waals surface area (Å²) in [6.07, 6.45) is 7.59. The summed E-state index contributed by atoms with van der Waals surface area (Å²) in [4.78, 5) is 4.80. The highest BCUT2D eigenvalue weighted by Gasteiger charge is 2.13. The van der Waals surface area contributed by atoms with Gasteiger partial charge in [-0.1, -0.05) is 37.5 Å². The monoisotopic (exact) mass is 410 g/mol. The predicted octanol–water partition coefficient (Wildman–Crippen LogP) is 2.26. The van der Waals surface area contributed by atoms with Crippen LogP contribution in [0.3, 0.4) is 0 Å². The second kappa shape index (κ2) is 12.7. The second-order valence-electron chi connectivity index (χ2n) is 6.88. The van der Waals surface area contributed by atoms with Crippen molar-refractivity contribution in [3.63, 3.8) is 0 Å². The summed E-state index contributed by atoms with van der Waals surface area (Å²) in [5, 5.41) is 6.33. The van der Waals surface area contributed by atoms with Crippen molar-refractivity contribution in [2.45, 2.75) is 56.4 Å². The Bertz CT molecular complexity index is 674. The minimum absolute atomic E-state index is 0.272. The van der Waals surface area contributed by atoms with Crippen molar-refractivity contribution in [1.82, 2.24) is 15.4 Å². The Kier molecular flexibility index (Phi) is 10.3. The first-order valence-electron chi connectivity index (χ1n) is 10.3. The first-order chi connectivity index (χ1) is 13.6. The summed E-state index contributed by atoms with van der Waals surface area (Å²) in [6, 6.07) is 8.37. The van der Waals surface area contributed by atoms with E-state index in [9.17, 15) is 8.42 Å². The van der Waals surface area contributed by atoms with Crippen molar-refractivity contribution >= 4 is 16.0 Å². The fourth-order valence-corrected chi connectivity index (χ4v) is 4.18. The Morgan fingerprint density at radius 3 is 2.57 bits per heavy atom. The molecule has 0 spiro atoms. The van der Waals surface area contributed by atoms with Crippen molar-refractivity contribution in [2.75, 3.05) is 32.8 Å². The molecule has 1 aromatic rings. The Labute approximate surface area is 169 Å². The lowest BCUT2D eigenvalue weighted by Gasteiger charge is -2.21. The van der Waals surface area contributed by atoms with Crippen LogP contribution in [0.5, 0.6) is 0 Å². The molecule has 28 heavy (non-hydrogen) atoms. The van der Waals surface area contributed by atoms with E-state index in [4.69, 9.17) is 4.74 Å². The SMILES string of the molecule is CCNC(=NCCCOC1CCCCC1)NCCNS(=O)(=O)c1ccccc1. The first-order valence-corrected chi connectivity index (χ1v) is 11.8. The summed E-state index contributed by atoms with van der Waals surface area (Å²) >= 11 is 0. The number of guanidine groups is 1. The van der Waals surface area contributed by atoms with Gasteiger partial charge in [0.25, 0.3) is 0 Å². The molecule has 158 valence electrons. The van der Waals surface area contributed by atoms with Gasteiger partial charge in [0.1, 0.15) is 0 Å². The molecule has 0 radical (unpaired) electrons. The Balaban J connectivity index is 1.65. The van der Waals surface area contributed by atoms with Gasteiger partial charge in [0.2, 0.25) is 10.0 Å².